The fraction of sp³-hybridized carbons (Fsp3) is 0.238. The van der Waals surface area contributed by atoms with Crippen LogP contribution in [0.5, 0.6) is 5.75 Å². The van der Waals surface area contributed by atoms with Gasteiger partial charge in [0.15, 0.2) is 11.7 Å². The van der Waals surface area contributed by atoms with Crippen molar-refractivity contribution in [3.8, 4) is 17.0 Å². The van der Waals surface area contributed by atoms with Crippen molar-refractivity contribution in [3.63, 3.8) is 0 Å². The Bertz CT molecular complexity index is 1210. The Balaban J connectivity index is 1.54. The smallest absolute Gasteiger partial charge is 0.263 e. The van der Waals surface area contributed by atoms with E-state index in [1.165, 1.54) is 11.3 Å². The van der Waals surface area contributed by atoms with E-state index in [1.54, 1.807) is 29.6 Å². The molecular weight excluding hydrogens is 422 g/mol. The molecule has 0 bridgehead atoms. The number of carbonyl (C=O) groups excluding carboxylic acids is 1. The number of amides is 1. The zero-order chi connectivity index (χ0) is 21.5. The van der Waals surface area contributed by atoms with E-state index in [9.17, 15) is 13.2 Å². The Morgan fingerprint density at radius 1 is 1.13 bits per heavy atom. The maximum absolute atomic E-state index is 12.7. The van der Waals surface area contributed by atoms with Gasteiger partial charge in [0.1, 0.15) is 5.75 Å². The molecule has 156 valence electrons. The number of ether oxygens (including phenoxy) is 1. The van der Waals surface area contributed by atoms with Gasteiger partial charge in [-0.15, -0.1) is 11.3 Å². The first-order chi connectivity index (χ1) is 14.1. The average molecular weight is 444 g/mol. The lowest BCUT2D eigenvalue weighted by molar-refractivity contribution is -0.118. The van der Waals surface area contributed by atoms with Gasteiger partial charge in [-0.3, -0.25) is 9.52 Å². The highest BCUT2D eigenvalue weighted by Crippen LogP contribution is 2.34. The summed E-state index contributed by atoms with van der Waals surface area (Å²) in [6.07, 6.45) is 0. The highest BCUT2D eigenvalue weighted by molar-refractivity contribution is 7.93. The zero-order valence-corrected chi connectivity index (χ0v) is 18.4. The molecule has 0 atom stereocenters. The topological polar surface area (TPSA) is 97.4 Å². The van der Waals surface area contributed by atoms with Crippen LogP contribution in [-0.4, -0.2) is 25.9 Å². The molecule has 1 aromatic heterocycles. The summed E-state index contributed by atoms with van der Waals surface area (Å²) >= 11 is 1.19. The molecule has 1 aliphatic rings. The van der Waals surface area contributed by atoms with Gasteiger partial charge in [-0.2, -0.15) is 0 Å². The third-order valence-electron chi connectivity index (χ3n) is 4.66. The van der Waals surface area contributed by atoms with Crippen molar-refractivity contribution in [1.29, 1.82) is 0 Å². The Kier molecular flexibility index (Phi) is 5.03. The summed E-state index contributed by atoms with van der Waals surface area (Å²) in [5.41, 5.74) is 2.91. The second kappa shape index (κ2) is 7.41. The molecule has 2 N–H and O–H groups in total. The molecule has 0 saturated heterocycles. The van der Waals surface area contributed by atoms with Crippen molar-refractivity contribution >= 4 is 38.1 Å². The van der Waals surface area contributed by atoms with Crippen LogP contribution in [0.2, 0.25) is 0 Å². The van der Waals surface area contributed by atoms with E-state index in [0.717, 1.165) is 11.1 Å². The van der Waals surface area contributed by atoms with Crippen LogP contribution in [0.1, 0.15) is 26.3 Å². The van der Waals surface area contributed by atoms with Gasteiger partial charge in [0.2, 0.25) is 0 Å². The van der Waals surface area contributed by atoms with Crippen molar-refractivity contribution in [2.45, 2.75) is 31.1 Å². The number of sulfonamides is 1. The van der Waals surface area contributed by atoms with E-state index in [1.807, 2.05) is 18.2 Å². The number of hydrogen-bond donors (Lipinski definition) is 2. The lowest BCUT2D eigenvalue weighted by Crippen LogP contribution is -2.25. The summed E-state index contributed by atoms with van der Waals surface area (Å²) in [4.78, 5) is 16.1. The van der Waals surface area contributed by atoms with Gasteiger partial charge in [0.05, 0.1) is 16.3 Å². The summed E-state index contributed by atoms with van der Waals surface area (Å²) < 4.78 is 33.3. The first-order valence-electron chi connectivity index (χ1n) is 9.28. The van der Waals surface area contributed by atoms with Gasteiger partial charge in [0.25, 0.3) is 15.9 Å². The van der Waals surface area contributed by atoms with Gasteiger partial charge in [-0.05, 0) is 41.3 Å². The number of rotatable bonds is 4. The number of nitrogens with zero attached hydrogens (tertiary/aromatic N) is 1. The van der Waals surface area contributed by atoms with Crippen molar-refractivity contribution in [3.05, 3.63) is 53.4 Å². The standard InChI is InChI=1S/C21H21N3O4S2/c1-21(2,3)14-5-7-15(8-6-14)30(26,27)24-20-23-17(12-29-20)13-4-9-18-16(10-13)22-19(25)11-28-18/h4-10,12H,11H2,1-3H3,(H,22,25)(H,23,24). The van der Waals surface area contributed by atoms with Crippen LogP contribution < -0.4 is 14.8 Å². The molecule has 30 heavy (non-hydrogen) atoms. The molecule has 0 unspecified atom stereocenters. The second-order valence-electron chi connectivity index (χ2n) is 7.97. The molecule has 7 nitrogen and oxygen atoms in total. The predicted octanol–water partition coefficient (Wildman–Crippen LogP) is 4.24. The number of anilines is 2. The molecular formula is C21H21N3O4S2. The van der Waals surface area contributed by atoms with Gasteiger partial charge in [-0.1, -0.05) is 32.9 Å². The maximum atomic E-state index is 12.7. The molecule has 2 aromatic carbocycles. The van der Waals surface area contributed by atoms with Crippen LogP contribution in [0.25, 0.3) is 11.3 Å². The summed E-state index contributed by atoms with van der Waals surface area (Å²) in [5.74, 6) is 0.372. The number of fused-ring (bicyclic) bond motifs is 1. The fourth-order valence-electron chi connectivity index (χ4n) is 3.00. The third kappa shape index (κ3) is 4.17. The van der Waals surface area contributed by atoms with E-state index in [-0.39, 0.29) is 28.0 Å². The minimum Gasteiger partial charge on any atom is -0.482 e. The highest BCUT2D eigenvalue weighted by Gasteiger charge is 2.20. The lowest BCUT2D eigenvalue weighted by Gasteiger charge is -2.19. The molecule has 0 aliphatic carbocycles. The average Bonchev–Trinajstić information content (AvgIpc) is 3.14. The van der Waals surface area contributed by atoms with Crippen LogP contribution in [0.15, 0.2) is 52.7 Å². The van der Waals surface area contributed by atoms with Gasteiger partial charge < -0.3 is 10.1 Å². The molecule has 3 aromatic rings. The number of thiazole rings is 1. The maximum Gasteiger partial charge on any atom is 0.263 e. The van der Waals surface area contributed by atoms with E-state index in [0.29, 0.717) is 17.1 Å². The number of hydrogen-bond acceptors (Lipinski definition) is 6. The number of carbonyl (C=O) groups is 1. The van der Waals surface area contributed by atoms with Gasteiger partial charge in [-0.25, -0.2) is 13.4 Å². The van der Waals surface area contributed by atoms with Crippen LogP contribution in [-0.2, 0) is 20.2 Å². The largest absolute Gasteiger partial charge is 0.482 e. The number of aromatic nitrogens is 1. The summed E-state index contributed by atoms with van der Waals surface area (Å²) in [5, 5.41) is 4.78. The van der Waals surface area contributed by atoms with Gasteiger partial charge >= 0.3 is 0 Å². The fourth-order valence-corrected chi connectivity index (χ4v) is 4.98. The zero-order valence-electron chi connectivity index (χ0n) is 16.7. The van der Waals surface area contributed by atoms with E-state index < -0.39 is 10.0 Å². The van der Waals surface area contributed by atoms with Crippen LogP contribution in [0.3, 0.4) is 0 Å². The van der Waals surface area contributed by atoms with Crippen molar-refractivity contribution < 1.29 is 17.9 Å². The summed E-state index contributed by atoms with van der Waals surface area (Å²) in [6, 6.07) is 12.2. The van der Waals surface area contributed by atoms with Crippen LogP contribution in [0.4, 0.5) is 10.8 Å². The summed E-state index contributed by atoms with van der Waals surface area (Å²) in [6.45, 7) is 6.21. The van der Waals surface area contributed by atoms with E-state index in [2.05, 4.69) is 35.8 Å². The molecule has 1 aliphatic heterocycles. The minimum atomic E-state index is -3.75. The third-order valence-corrected chi connectivity index (χ3v) is 6.91. The monoisotopic (exact) mass is 443 g/mol. The molecule has 2 heterocycles. The first-order valence-corrected chi connectivity index (χ1v) is 11.6. The molecule has 0 spiro atoms. The Labute approximate surface area is 179 Å². The van der Waals surface area contributed by atoms with Crippen molar-refractivity contribution in [2.75, 3.05) is 16.6 Å². The molecule has 0 fully saturated rings. The van der Waals surface area contributed by atoms with Crippen molar-refractivity contribution in [1.82, 2.24) is 4.98 Å². The van der Waals surface area contributed by atoms with Crippen LogP contribution in [0, 0.1) is 0 Å². The van der Waals surface area contributed by atoms with Gasteiger partial charge in [0, 0.05) is 10.9 Å². The van der Waals surface area contributed by atoms with Crippen molar-refractivity contribution in [2.24, 2.45) is 0 Å². The number of nitrogens with one attached hydrogen (secondary N) is 2. The normalized spacial score (nSPS) is 13.9. The lowest BCUT2D eigenvalue weighted by atomic mass is 9.87. The Morgan fingerprint density at radius 3 is 2.57 bits per heavy atom. The minimum absolute atomic E-state index is 0.00823. The highest BCUT2D eigenvalue weighted by atomic mass is 32.2. The Morgan fingerprint density at radius 2 is 1.87 bits per heavy atom. The second-order valence-corrected chi connectivity index (χ2v) is 10.5. The predicted molar refractivity (Wildman–Crippen MR) is 118 cm³/mol. The SMILES string of the molecule is CC(C)(C)c1ccc(S(=O)(=O)Nc2nc(-c3ccc4c(c3)NC(=O)CO4)cs2)cc1. The van der Waals surface area contributed by atoms with E-state index in [4.69, 9.17) is 4.74 Å². The number of benzene rings is 2. The molecule has 4 rings (SSSR count). The Hall–Kier alpha value is -2.91. The van der Waals surface area contributed by atoms with E-state index >= 15 is 0 Å². The molecule has 9 heteroatoms. The molecule has 0 radical (unpaired) electrons. The first kappa shape index (κ1) is 20.4. The summed E-state index contributed by atoms with van der Waals surface area (Å²) in [7, 11) is -3.75. The quantitative estimate of drug-likeness (QED) is 0.629. The molecule has 0 saturated carbocycles. The van der Waals surface area contributed by atoms with Crippen LogP contribution >= 0.6 is 11.3 Å². The molecule has 1 amide bonds.